The molecule has 5 heteroatoms. The molecular weight excluding hydrogens is 428 g/mol. The summed E-state index contributed by atoms with van der Waals surface area (Å²) in [5, 5.41) is 0.840. The van der Waals surface area contributed by atoms with Gasteiger partial charge in [0, 0.05) is 43.1 Å². The predicted molar refractivity (Wildman–Crippen MR) is 139 cm³/mol. The summed E-state index contributed by atoms with van der Waals surface area (Å²) in [6, 6.07) is 6.83. The van der Waals surface area contributed by atoms with E-state index in [1.165, 1.54) is 53.8 Å². The Balaban J connectivity index is 1.36. The van der Waals surface area contributed by atoms with Gasteiger partial charge in [-0.3, -0.25) is 4.90 Å². The second-order valence-electron chi connectivity index (χ2n) is 9.31. The molecule has 2 heterocycles. The molecule has 1 fully saturated rings. The Morgan fingerprint density at radius 2 is 2.00 bits per heavy atom. The van der Waals surface area contributed by atoms with Crippen LogP contribution in [0.3, 0.4) is 0 Å². The molecule has 4 rings (SSSR count). The number of unbranched alkanes of at least 4 members (excludes halogenated alkanes) is 2. The number of aromatic amines is 1. The third-order valence-electron chi connectivity index (χ3n) is 7.16. The van der Waals surface area contributed by atoms with Crippen molar-refractivity contribution in [3.63, 3.8) is 0 Å². The number of benzene rings is 1. The normalized spacial score (nSPS) is 20.2. The molecule has 0 amide bonds. The topological polar surface area (TPSA) is 35.2 Å². The molecule has 1 aromatic carbocycles. The van der Waals surface area contributed by atoms with Gasteiger partial charge in [0.1, 0.15) is 0 Å². The minimum atomic E-state index is 0.334. The number of H-pyrrole nitrogens is 1. The van der Waals surface area contributed by atoms with Crippen molar-refractivity contribution in [2.45, 2.75) is 51.5 Å². The largest absolute Gasteiger partial charge is 0.348 e. The number of rotatable bonds is 9. The van der Waals surface area contributed by atoms with Crippen LogP contribution in [0.1, 0.15) is 55.5 Å². The van der Waals surface area contributed by atoms with Crippen LogP contribution in [0.25, 0.3) is 0 Å². The van der Waals surface area contributed by atoms with Crippen LogP contribution >= 0.6 is 11.6 Å². The van der Waals surface area contributed by atoms with Gasteiger partial charge in [-0.05, 0) is 80.0 Å². The third-order valence-corrected chi connectivity index (χ3v) is 7.40. The van der Waals surface area contributed by atoms with Crippen LogP contribution in [0, 0.1) is 0 Å². The third kappa shape index (κ3) is 6.26. The number of fused-ring (bicyclic) bond motifs is 1. The summed E-state index contributed by atoms with van der Waals surface area (Å²) in [7, 11) is 0. The van der Waals surface area contributed by atoms with Gasteiger partial charge in [0.2, 0.25) is 0 Å². The Morgan fingerprint density at radius 1 is 1.15 bits per heavy atom. The Labute approximate surface area is 204 Å². The average Bonchev–Trinajstić information content (AvgIpc) is 3.30. The second-order valence-corrected chi connectivity index (χ2v) is 9.75. The van der Waals surface area contributed by atoms with E-state index in [-0.39, 0.29) is 0 Å². The fourth-order valence-corrected chi connectivity index (χ4v) is 5.49. The number of aromatic nitrogens is 2. The van der Waals surface area contributed by atoms with E-state index in [0.717, 1.165) is 50.5 Å². The number of nitrogens with one attached hydrogen (secondary N) is 1. The van der Waals surface area contributed by atoms with Crippen molar-refractivity contribution in [3.05, 3.63) is 88.5 Å². The number of piperazine rings is 1. The summed E-state index contributed by atoms with van der Waals surface area (Å²) < 4.78 is 0. The lowest BCUT2D eigenvalue weighted by atomic mass is 9.93. The maximum Gasteiger partial charge on any atom is 0.0921 e. The molecule has 1 aromatic heterocycles. The highest BCUT2D eigenvalue weighted by Gasteiger charge is 2.30. The summed E-state index contributed by atoms with van der Waals surface area (Å²) in [4.78, 5) is 12.6. The van der Waals surface area contributed by atoms with Crippen LogP contribution in [0.5, 0.6) is 0 Å². The highest BCUT2D eigenvalue weighted by molar-refractivity contribution is 6.30. The zero-order chi connectivity index (χ0) is 23.0. The molecule has 2 aromatic rings. The van der Waals surface area contributed by atoms with E-state index in [4.69, 9.17) is 11.6 Å². The van der Waals surface area contributed by atoms with E-state index >= 15 is 0 Å². The van der Waals surface area contributed by atoms with Crippen LogP contribution in [0.2, 0.25) is 5.02 Å². The lowest BCUT2D eigenvalue weighted by Crippen LogP contribution is -2.48. The average molecular weight is 465 g/mol. The van der Waals surface area contributed by atoms with Crippen molar-refractivity contribution in [1.82, 2.24) is 19.8 Å². The number of hydrogen-bond acceptors (Lipinski definition) is 3. The monoisotopic (exact) mass is 464 g/mol. The van der Waals surface area contributed by atoms with E-state index < -0.39 is 0 Å². The van der Waals surface area contributed by atoms with Crippen molar-refractivity contribution in [1.29, 1.82) is 0 Å². The van der Waals surface area contributed by atoms with E-state index in [9.17, 15) is 0 Å². The van der Waals surface area contributed by atoms with Gasteiger partial charge in [-0.15, -0.1) is 0 Å². The van der Waals surface area contributed by atoms with Crippen molar-refractivity contribution >= 4 is 11.6 Å². The fourth-order valence-electron chi connectivity index (χ4n) is 5.30. The van der Waals surface area contributed by atoms with Gasteiger partial charge in [0.15, 0.2) is 0 Å². The molecule has 1 aliphatic carbocycles. The van der Waals surface area contributed by atoms with Gasteiger partial charge >= 0.3 is 0 Å². The molecule has 1 N–H and O–H groups in total. The van der Waals surface area contributed by atoms with Gasteiger partial charge in [-0.2, -0.15) is 0 Å². The Morgan fingerprint density at radius 3 is 2.76 bits per heavy atom. The maximum atomic E-state index is 6.37. The minimum absolute atomic E-state index is 0.334. The Bertz CT molecular complexity index is 968. The summed E-state index contributed by atoms with van der Waals surface area (Å²) in [6.07, 6.45) is 16.9. The molecule has 1 unspecified atom stereocenters. The van der Waals surface area contributed by atoms with Crippen molar-refractivity contribution in [3.8, 4) is 0 Å². The Hall–Kier alpha value is -2.14. The summed E-state index contributed by atoms with van der Waals surface area (Å²) in [5.74, 6) is 0. The van der Waals surface area contributed by atoms with E-state index in [0.29, 0.717) is 6.04 Å². The molecule has 4 nitrogen and oxygen atoms in total. The molecule has 0 bridgehead atoms. The van der Waals surface area contributed by atoms with Crippen molar-refractivity contribution in [2.24, 2.45) is 0 Å². The molecule has 1 saturated heterocycles. The number of imidazole rings is 1. The van der Waals surface area contributed by atoms with Gasteiger partial charge in [0.05, 0.1) is 12.4 Å². The quantitative estimate of drug-likeness (QED) is 0.357. The van der Waals surface area contributed by atoms with E-state index in [2.05, 4.69) is 63.6 Å². The molecule has 0 saturated carbocycles. The molecule has 2 aliphatic rings. The first-order valence-corrected chi connectivity index (χ1v) is 12.7. The van der Waals surface area contributed by atoms with Crippen molar-refractivity contribution < 1.29 is 0 Å². The van der Waals surface area contributed by atoms with Crippen LogP contribution in [-0.2, 0) is 12.8 Å². The number of aryl methyl sites for hydroxylation is 2. The lowest BCUT2D eigenvalue weighted by molar-refractivity contribution is 0.106. The lowest BCUT2D eigenvalue weighted by Gasteiger charge is -2.40. The van der Waals surface area contributed by atoms with E-state index in [1.807, 2.05) is 12.3 Å². The van der Waals surface area contributed by atoms with Crippen LogP contribution in [-0.4, -0.2) is 52.5 Å². The van der Waals surface area contributed by atoms with Crippen molar-refractivity contribution in [2.75, 3.05) is 32.7 Å². The first-order chi connectivity index (χ1) is 16.2. The fraction of sp³-hybridized carbons (Fsp3) is 0.464. The number of halogens is 1. The molecule has 0 radical (unpaired) electrons. The molecule has 33 heavy (non-hydrogen) atoms. The molecule has 1 atom stereocenters. The molecular formula is C28H37ClN4. The van der Waals surface area contributed by atoms with Crippen LogP contribution < -0.4 is 0 Å². The highest BCUT2D eigenvalue weighted by Crippen LogP contribution is 2.39. The standard InChI is InChI=1S/C28H37ClN4/c1-3-4-8-23-10-11-24-19-25(29)12-13-27(24)28(22(23)2)33-17-15-32(16-18-33)14-7-5-6-9-26-20-30-21-31-26/h3-4,8,12-13,19-21,28H,1,5-7,9-11,14-18H2,2H3,(H,30,31)/b8-4-. The molecule has 1 aliphatic heterocycles. The number of hydrogen-bond donors (Lipinski definition) is 1. The molecule has 176 valence electrons. The van der Waals surface area contributed by atoms with Crippen LogP contribution in [0.15, 0.2) is 66.7 Å². The highest BCUT2D eigenvalue weighted by atomic mass is 35.5. The van der Waals surface area contributed by atoms with Gasteiger partial charge in [-0.25, -0.2) is 4.98 Å². The van der Waals surface area contributed by atoms with Gasteiger partial charge in [0.25, 0.3) is 0 Å². The zero-order valence-electron chi connectivity index (χ0n) is 19.9. The van der Waals surface area contributed by atoms with E-state index in [1.54, 1.807) is 6.33 Å². The summed E-state index contributed by atoms with van der Waals surface area (Å²) in [5.41, 5.74) is 6.99. The zero-order valence-corrected chi connectivity index (χ0v) is 20.7. The van der Waals surface area contributed by atoms with Gasteiger partial charge in [-0.1, -0.05) is 48.9 Å². The summed E-state index contributed by atoms with van der Waals surface area (Å²) >= 11 is 6.37. The smallest absolute Gasteiger partial charge is 0.0921 e. The maximum absolute atomic E-state index is 6.37. The number of nitrogens with zero attached hydrogens (tertiary/aromatic N) is 3. The van der Waals surface area contributed by atoms with Gasteiger partial charge < -0.3 is 9.88 Å². The number of allylic oxidation sites excluding steroid dienone is 4. The first kappa shape index (κ1) is 24.0. The second kappa shape index (κ2) is 11.8. The SMILES string of the molecule is C=C/C=C\C1=C(C)C(N2CCN(CCCCCc3cnc[nH]3)CC2)c2ccc(Cl)cc2CC1. The summed E-state index contributed by atoms with van der Waals surface area (Å²) in [6.45, 7) is 11.9. The predicted octanol–water partition coefficient (Wildman–Crippen LogP) is 6.14. The van der Waals surface area contributed by atoms with Crippen LogP contribution in [0.4, 0.5) is 0 Å². The Kier molecular flexibility index (Phi) is 8.60. The first-order valence-electron chi connectivity index (χ1n) is 12.4. The molecule has 0 spiro atoms. The minimum Gasteiger partial charge on any atom is -0.348 e.